The highest BCUT2D eigenvalue weighted by Crippen LogP contribution is 2.22. The lowest BCUT2D eigenvalue weighted by Crippen LogP contribution is -2.39. The summed E-state index contributed by atoms with van der Waals surface area (Å²) in [6, 6.07) is 27.4. The van der Waals surface area contributed by atoms with Gasteiger partial charge in [0.2, 0.25) is 5.91 Å². The molecule has 0 aliphatic carbocycles. The first kappa shape index (κ1) is 22.5. The van der Waals surface area contributed by atoms with Crippen LogP contribution in [0.15, 0.2) is 84.9 Å². The number of ether oxygens (including phenoxy) is 1. The number of benzene rings is 3. The molecule has 0 saturated heterocycles. The highest BCUT2D eigenvalue weighted by molar-refractivity contribution is 6.30. The van der Waals surface area contributed by atoms with E-state index in [-0.39, 0.29) is 19.0 Å². The Morgan fingerprint density at radius 3 is 2.26 bits per heavy atom. The number of rotatable bonds is 9. The van der Waals surface area contributed by atoms with Gasteiger partial charge in [0, 0.05) is 18.8 Å². The van der Waals surface area contributed by atoms with Crippen LogP contribution in [0.2, 0.25) is 0 Å². The molecule has 1 unspecified atom stereocenters. The molecule has 5 nitrogen and oxygen atoms in total. The minimum absolute atomic E-state index is 0.0880. The predicted octanol–water partition coefficient (Wildman–Crippen LogP) is 4.57. The van der Waals surface area contributed by atoms with Crippen molar-refractivity contribution < 1.29 is 14.3 Å². The van der Waals surface area contributed by atoms with Crippen LogP contribution in [0.25, 0.3) is 11.1 Å². The van der Waals surface area contributed by atoms with E-state index in [4.69, 9.17) is 16.3 Å². The molecule has 1 atom stereocenters. The third-order valence-electron chi connectivity index (χ3n) is 4.75. The third kappa shape index (κ3) is 6.95. The molecule has 3 aromatic carbocycles. The molecule has 0 saturated carbocycles. The number of hydrogen-bond donors (Lipinski definition) is 1. The summed E-state index contributed by atoms with van der Waals surface area (Å²) in [4.78, 5) is 26.4. The molecule has 160 valence electrons. The molecule has 0 aromatic heterocycles. The van der Waals surface area contributed by atoms with E-state index in [0.29, 0.717) is 12.2 Å². The number of methoxy groups -OCH3 is 1. The van der Waals surface area contributed by atoms with Gasteiger partial charge in [-0.3, -0.25) is 14.5 Å². The van der Waals surface area contributed by atoms with Gasteiger partial charge in [0.05, 0.1) is 13.7 Å². The van der Waals surface area contributed by atoms with Crippen LogP contribution in [0.1, 0.15) is 5.56 Å². The monoisotopic (exact) mass is 436 g/mol. The normalized spacial score (nSPS) is 11.7. The van der Waals surface area contributed by atoms with Crippen molar-refractivity contribution in [3.8, 4) is 11.1 Å². The van der Waals surface area contributed by atoms with Crippen LogP contribution in [0.3, 0.4) is 0 Å². The molecular formula is C25H25ClN2O3. The van der Waals surface area contributed by atoms with E-state index in [2.05, 4.69) is 5.32 Å². The average Bonchev–Trinajstić information content (AvgIpc) is 2.79. The van der Waals surface area contributed by atoms with Crippen LogP contribution in [-0.4, -0.2) is 42.4 Å². The SMILES string of the molecule is COC(=O)C(Cl)CN(CC(=O)Nc1cccc(-c2ccccc2)c1)Cc1ccccc1. The second-order valence-corrected chi connectivity index (χ2v) is 7.67. The van der Waals surface area contributed by atoms with E-state index in [1.807, 2.05) is 89.8 Å². The quantitative estimate of drug-likeness (QED) is 0.394. The lowest BCUT2D eigenvalue weighted by Gasteiger charge is -2.23. The Labute approximate surface area is 187 Å². The van der Waals surface area contributed by atoms with Crippen molar-refractivity contribution in [1.82, 2.24) is 4.90 Å². The summed E-state index contributed by atoms with van der Waals surface area (Å²) in [6.45, 7) is 0.768. The van der Waals surface area contributed by atoms with Gasteiger partial charge in [-0.1, -0.05) is 72.8 Å². The molecule has 0 heterocycles. The molecule has 0 spiro atoms. The summed E-state index contributed by atoms with van der Waals surface area (Å²) < 4.78 is 4.72. The van der Waals surface area contributed by atoms with Crippen LogP contribution in [-0.2, 0) is 20.9 Å². The zero-order valence-electron chi connectivity index (χ0n) is 17.3. The van der Waals surface area contributed by atoms with Crippen molar-refractivity contribution in [2.45, 2.75) is 11.9 Å². The Kier molecular flexibility index (Phi) is 8.21. The van der Waals surface area contributed by atoms with Crippen molar-refractivity contribution in [2.24, 2.45) is 0 Å². The lowest BCUT2D eigenvalue weighted by atomic mass is 10.1. The van der Waals surface area contributed by atoms with Gasteiger partial charge in [-0.15, -0.1) is 11.6 Å². The van der Waals surface area contributed by atoms with E-state index >= 15 is 0 Å². The molecule has 31 heavy (non-hydrogen) atoms. The average molecular weight is 437 g/mol. The standard InChI is InChI=1S/C25H25ClN2O3/c1-31-25(30)23(26)17-28(16-19-9-4-2-5-10-19)18-24(29)27-22-14-8-13-21(15-22)20-11-6-3-7-12-20/h2-15,23H,16-18H2,1H3,(H,27,29). The minimum Gasteiger partial charge on any atom is -0.468 e. The van der Waals surface area contributed by atoms with Crippen LogP contribution in [0.4, 0.5) is 5.69 Å². The number of nitrogens with zero attached hydrogens (tertiary/aromatic N) is 1. The summed E-state index contributed by atoms with van der Waals surface area (Å²) in [5.41, 5.74) is 3.83. The first-order chi connectivity index (χ1) is 15.0. The molecule has 6 heteroatoms. The van der Waals surface area contributed by atoms with E-state index in [0.717, 1.165) is 16.7 Å². The topological polar surface area (TPSA) is 58.6 Å². The molecule has 0 bridgehead atoms. The van der Waals surface area contributed by atoms with Crippen molar-refractivity contribution in [3.05, 3.63) is 90.5 Å². The van der Waals surface area contributed by atoms with Gasteiger partial charge < -0.3 is 10.1 Å². The highest BCUT2D eigenvalue weighted by atomic mass is 35.5. The second-order valence-electron chi connectivity index (χ2n) is 7.14. The fourth-order valence-corrected chi connectivity index (χ4v) is 3.55. The summed E-state index contributed by atoms with van der Waals surface area (Å²) in [6.07, 6.45) is 0. The van der Waals surface area contributed by atoms with Crippen molar-refractivity contribution in [3.63, 3.8) is 0 Å². The molecule has 0 aliphatic heterocycles. The molecule has 0 aliphatic rings. The van der Waals surface area contributed by atoms with Gasteiger partial charge >= 0.3 is 5.97 Å². The smallest absolute Gasteiger partial charge is 0.325 e. The zero-order chi connectivity index (χ0) is 22.1. The Hall–Kier alpha value is -3.15. The lowest BCUT2D eigenvalue weighted by molar-refractivity contribution is -0.140. The predicted molar refractivity (Wildman–Crippen MR) is 124 cm³/mol. The maximum atomic E-state index is 12.8. The summed E-state index contributed by atoms with van der Waals surface area (Å²) in [7, 11) is 1.30. The Morgan fingerprint density at radius 1 is 0.935 bits per heavy atom. The maximum Gasteiger partial charge on any atom is 0.325 e. The van der Waals surface area contributed by atoms with Gasteiger partial charge in [0.25, 0.3) is 0 Å². The van der Waals surface area contributed by atoms with Crippen molar-refractivity contribution in [2.75, 3.05) is 25.5 Å². The van der Waals surface area contributed by atoms with Crippen molar-refractivity contribution in [1.29, 1.82) is 0 Å². The third-order valence-corrected chi connectivity index (χ3v) is 5.06. The van der Waals surface area contributed by atoms with Gasteiger partial charge in [0.15, 0.2) is 0 Å². The maximum absolute atomic E-state index is 12.8. The number of carbonyl (C=O) groups is 2. The number of nitrogens with one attached hydrogen (secondary N) is 1. The summed E-state index contributed by atoms with van der Waals surface area (Å²) in [5, 5.41) is 2.09. The molecule has 3 rings (SSSR count). The Balaban J connectivity index is 1.68. The number of amides is 1. The number of esters is 1. The molecular weight excluding hydrogens is 412 g/mol. The zero-order valence-corrected chi connectivity index (χ0v) is 18.1. The van der Waals surface area contributed by atoms with Gasteiger partial charge in [-0.25, -0.2) is 0 Å². The molecule has 3 aromatic rings. The highest BCUT2D eigenvalue weighted by Gasteiger charge is 2.22. The number of alkyl halides is 1. The van der Waals surface area contributed by atoms with E-state index < -0.39 is 11.3 Å². The fourth-order valence-electron chi connectivity index (χ4n) is 3.27. The Morgan fingerprint density at radius 2 is 1.58 bits per heavy atom. The van der Waals surface area contributed by atoms with Gasteiger partial charge in [-0.2, -0.15) is 0 Å². The number of halogens is 1. The summed E-state index contributed by atoms with van der Waals surface area (Å²) >= 11 is 6.18. The van der Waals surface area contributed by atoms with Gasteiger partial charge in [-0.05, 0) is 28.8 Å². The fraction of sp³-hybridized carbons (Fsp3) is 0.200. The van der Waals surface area contributed by atoms with Crippen LogP contribution >= 0.6 is 11.6 Å². The van der Waals surface area contributed by atoms with E-state index in [1.165, 1.54) is 7.11 Å². The van der Waals surface area contributed by atoms with Gasteiger partial charge in [0.1, 0.15) is 5.38 Å². The molecule has 0 fully saturated rings. The van der Waals surface area contributed by atoms with Crippen LogP contribution in [0.5, 0.6) is 0 Å². The molecule has 1 amide bonds. The van der Waals surface area contributed by atoms with Crippen LogP contribution < -0.4 is 5.32 Å². The first-order valence-corrected chi connectivity index (χ1v) is 10.4. The Bertz CT molecular complexity index is 996. The molecule has 1 N–H and O–H groups in total. The molecule has 0 radical (unpaired) electrons. The largest absolute Gasteiger partial charge is 0.468 e. The second kappa shape index (κ2) is 11.3. The minimum atomic E-state index is -0.858. The number of anilines is 1. The van der Waals surface area contributed by atoms with Crippen molar-refractivity contribution >= 4 is 29.2 Å². The number of carbonyl (C=O) groups excluding carboxylic acids is 2. The van der Waals surface area contributed by atoms with Crippen LogP contribution in [0, 0.1) is 0 Å². The van der Waals surface area contributed by atoms with E-state index in [9.17, 15) is 9.59 Å². The first-order valence-electron chi connectivity index (χ1n) is 9.98. The number of hydrogen-bond acceptors (Lipinski definition) is 4. The van der Waals surface area contributed by atoms with E-state index in [1.54, 1.807) is 0 Å². The summed E-state index contributed by atoms with van der Waals surface area (Å²) in [5.74, 6) is -0.703.